The van der Waals surface area contributed by atoms with E-state index in [4.69, 9.17) is 31.9 Å². The SMILES string of the molecule is CCCS(=O)(=O)Oc1ccc(-n2c(-c3ccc(Cl)cc3Cl)nc(C(=O)NN3CCCCC3)c2C)cc1.CS(=O)(=O)O. The highest BCUT2D eigenvalue weighted by molar-refractivity contribution is 7.87. The molecule has 1 aromatic heterocycles. The summed E-state index contributed by atoms with van der Waals surface area (Å²) in [5.41, 5.74) is 5.12. The Bertz CT molecular complexity index is 1580. The predicted molar refractivity (Wildman–Crippen MR) is 159 cm³/mol. The fourth-order valence-corrected chi connectivity index (χ4v) is 5.66. The summed E-state index contributed by atoms with van der Waals surface area (Å²) in [6.07, 6.45) is 4.39. The van der Waals surface area contributed by atoms with Crippen LogP contribution in [0, 0.1) is 6.92 Å². The molecule has 41 heavy (non-hydrogen) atoms. The lowest BCUT2D eigenvalue weighted by molar-refractivity contribution is 0.0744. The lowest BCUT2D eigenvalue weighted by atomic mass is 10.2. The van der Waals surface area contributed by atoms with Gasteiger partial charge in [0.05, 0.1) is 22.7 Å². The first-order valence-electron chi connectivity index (χ1n) is 12.7. The fourth-order valence-electron chi connectivity index (χ4n) is 4.18. The van der Waals surface area contributed by atoms with Crippen LogP contribution in [0.5, 0.6) is 5.75 Å². The number of carbonyl (C=O) groups is 1. The van der Waals surface area contributed by atoms with Crippen LogP contribution in [0.25, 0.3) is 17.1 Å². The maximum absolute atomic E-state index is 13.2. The molecule has 2 N–H and O–H groups in total. The van der Waals surface area contributed by atoms with Gasteiger partial charge < -0.3 is 4.18 Å². The molecule has 0 radical (unpaired) electrons. The first-order chi connectivity index (χ1) is 19.2. The number of hydrogen-bond donors (Lipinski definition) is 2. The Labute approximate surface area is 250 Å². The summed E-state index contributed by atoms with van der Waals surface area (Å²) < 4.78 is 56.9. The van der Waals surface area contributed by atoms with Gasteiger partial charge in [0, 0.05) is 29.4 Å². The Balaban J connectivity index is 0.000000850. The molecule has 0 unspecified atom stereocenters. The summed E-state index contributed by atoms with van der Waals surface area (Å²) in [6.45, 7) is 5.17. The largest absolute Gasteiger partial charge is 0.382 e. The molecule has 2 heterocycles. The standard InChI is InChI=1S/C25H28Cl2N4O4S.CH4O3S/c1-3-15-36(33,34)35-20-10-8-19(9-11-20)31-17(2)23(25(32)29-30-13-5-4-6-14-30)28-24(31)21-12-7-18(26)16-22(21)27;1-5(2,3)4/h7-12,16H,3-6,13-15H2,1-2H3,(H,29,32);1H3,(H,2,3,4). The zero-order valence-electron chi connectivity index (χ0n) is 22.8. The molecule has 0 aliphatic carbocycles. The molecule has 1 aliphatic rings. The van der Waals surface area contributed by atoms with E-state index in [1.807, 2.05) is 16.5 Å². The van der Waals surface area contributed by atoms with E-state index in [1.54, 1.807) is 49.4 Å². The van der Waals surface area contributed by atoms with Crippen molar-refractivity contribution < 1.29 is 30.4 Å². The number of benzene rings is 2. The number of imidazole rings is 1. The molecular formula is C26H32Cl2N4O7S2. The molecule has 1 amide bonds. The van der Waals surface area contributed by atoms with Crippen molar-refractivity contribution in [1.29, 1.82) is 0 Å². The van der Waals surface area contributed by atoms with Gasteiger partial charge in [0.15, 0.2) is 5.69 Å². The molecule has 1 fully saturated rings. The van der Waals surface area contributed by atoms with Crippen molar-refractivity contribution in [2.24, 2.45) is 0 Å². The molecular weight excluding hydrogens is 615 g/mol. The summed E-state index contributed by atoms with van der Waals surface area (Å²) in [6, 6.07) is 11.7. The van der Waals surface area contributed by atoms with Crippen LogP contribution in [-0.4, -0.2) is 67.0 Å². The third-order valence-electron chi connectivity index (χ3n) is 5.88. The second kappa shape index (κ2) is 14.0. The lowest BCUT2D eigenvalue weighted by Crippen LogP contribution is -2.45. The average molecular weight is 648 g/mol. The van der Waals surface area contributed by atoms with E-state index >= 15 is 0 Å². The molecule has 0 bridgehead atoms. The minimum Gasteiger partial charge on any atom is -0.382 e. The monoisotopic (exact) mass is 646 g/mol. The van der Waals surface area contributed by atoms with Gasteiger partial charge in [0.1, 0.15) is 11.6 Å². The number of aromatic nitrogens is 2. The zero-order chi connectivity index (χ0) is 30.4. The van der Waals surface area contributed by atoms with Crippen LogP contribution in [0.3, 0.4) is 0 Å². The average Bonchev–Trinajstić information content (AvgIpc) is 3.20. The number of nitrogens with zero attached hydrogens (tertiary/aromatic N) is 3. The normalized spacial score (nSPS) is 14.2. The molecule has 1 aliphatic heterocycles. The van der Waals surface area contributed by atoms with Crippen molar-refractivity contribution in [1.82, 2.24) is 20.0 Å². The van der Waals surface area contributed by atoms with Crippen molar-refractivity contribution in [2.45, 2.75) is 39.5 Å². The quantitative estimate of drug-likeness (QED) is 0.257. The second-order valence-electron chi connectivity index (χ2n) is 9.39. The molecule has 15 heteroatoms. The Morgan fingerprint density at radius 2 is 1.66 bits per heavy atom. The van der Waals surface area contributed by atoms with Gasteiger partial charge >= 0.3 is 10.1 Å². The first kappa shape index (κ1) is 32.8. The van der Waals surface area contributed by atoms with E-state index in [0.717, 1.165) is 32.4 Å². The van der Waals surface area contributed by atoms with Gasteiger partial charge in [-0.2, -0.15) is 16.8 Å². The highest BCUT2D eigenvalue weighted by Gasteiger charge is 2.25. The first-order valence-corrected chi connectivity index (χ1v) is 16.9. The van der Waals surface area contributed by atoms with Gasteiger partial charge in [0.25, 0.3) is 16.0 Å². The van der Waals surface area contributed by atoms with Crippen molar-refractivity contribution in [3.63, 3.8) is 0 Å². The summed E-state index contributed by atoms with van der Waals surface area (Å²) in [4.78, 5) is 17.9. The van der Waals surface area contributed by atoms with Crippen LogP contribution in [-0.2, 0) is 20.2 Å². The molecule has 224 valence electrons. The van der Waals surface area contributed by atoms with Crippen LogP contribution in [0.4, 0.5) is 0 Å². The van der Waals surface area contributed by atoms with E-state index < -0.39 is 20.2 Å². The second-order valence-corrected chi connectivity index (χ2v) is 13.4. The number of halogens is 2. The van der Waals surface area contributed by atoms with Crippen molar-refractivity contribution in [2.75, 3.05) is 25.1 Å². The van der Waals surface area contributed by atoms with Gasteiger partial charge in [-0.05, 0) is 68.7 Å². The van der Waals surface area contributed by atoms with Gasteiger partial charge in [-0.3, -0.25) is 19.3 Å². The van der Waals surface area contributed by atoms with Crippen molar-refractivity contribution in [3.05, 3.63) is 63.9 Å². The predicted octanol–water partition coefficient (Wildman–Crippen LogP) is 4.91. The van der Waals surface area contributed by atoms with Gasteiger partial charge in [-0.1, -0.05) is 36.5 Å². The van der Waals surface area contributed by atoms with Gasteiger partial charge in [-0.25, -0.2) is 9.99 Å². The topological polar surface area (TPSA) is 148 Å². The number of carbonyl (C=O) groups excluding carboxylic acids is 1. The fraction of sp³-hybridized carbons (Fsp3) is 0.385. The minimum absolute atomic E-state index is 0.0654. The Kier molecular flexibility index (Phi) is 11.2. The highest BCUT2D eigenvalue weighted by Crippen LogP contribution is 2.33. The number of hydrogen-bond acceptors (Lipinski definition) is 8. The molecule has 0 atom stereocenters. The number of hydrazine groups is 1. The number of amides is 1. The number of rotatable bonds is 8. The van der Waals surface area contributed by atoms with E-state index in [2.05, 4.69) is 10.4 Å². The Morgan fingerprint density at radius 1 is 1.05 bits per heavy atom. The zero-order valence-corrected chi connectivity index (χ0v) is 25.9. The summed E-state index contributed by atoms with van der Waals surface area (Å²) >= 11 is 12.6. The van der Waals surface area contributed by atoms with E-state index in [-0.39, 0.29) is 23.1 Å². The minimum atomic E-state index is -3.67. The summed E-state index contributed by atoms with van der Waals surface area (Å²) in [5, 5.41) is 2.79. The molecule has 4 rings (SSSR count). The Morgan fingerprint density at radius 3 is 2.22 bits per heavy atom. The number of piperidine rings is 1. The van der Waals surface area contributed by atoms with E-state index in [0.29, 0.717) is 45.5 Å². The van der Waals surface area contributed by atoms with Crippen LogP contribution < -0.4 is 9.61 Å². The van der Waals surface area contributed by atoms with Gasteiger partial charge in [0.2, 0.25) is 0 Å². The molecule has 0 spiro atoms. The third-order valence-corrected chi connectivity index (χ3v) is 7.79. The van der Waals surface area contributed by atoms with Crippen molar-refractivity contribution >= 4 is 49.3 Å². The van der Waals surface area contributed by atoms with Crippen molar-refractivity contribution in [3.8, 4) is 22.8 Å². The van der Waals surface area contributed by atoms with Crippen LogP contribution in [0.1, 0.15) is 48.8 Å². The van der Waals surface area contributed by atoms with Gasteiger partial charge in [-0.15, -0.1) is 0 Å². The molecule has 11 nitrogen and oxygen atoms in total. The summed E-state index contributed by atoms with van der Waals surface area (Å²) in [7, 11) is -7.33. The lowest BCUT2D eigenvalue weighted by Gasteiger charge is -2.26. The van der Waals surface area contributed by atoms with E-state index in [1.165, 1.54) is 0 Å². The maximum Gasteiger partial charge on any atom is 0.309 e. The molecule has 3 aromatic rings. The smallest absolute Gasteiger partial charge is 0.309 e. The highest BCUT2D eigenvalue weighted by atomic mass is 35.5. The Hall–Kier alpha value is -2.68. The maximum atomic E-state index is 13.2. The summed E-state index contributed by atoms with van der Waals surface area (Å²) in [5.74, 6) is 0.304. The van der Waals surface area contributed by atoms with Crippen LogP contribution in [0.2, 0.25) is 10.0 Å². The van der Waals surface area contributed by atoms with E-state index in [9.17, 15) is 21.6 Å². The third kappa shape index (κ3) is 9.69. The van der Waals surface area contributed by atoms with Crippen LogP contribution in [0.15, 0.2) is 42.5 Å². The molecule has 2 aromatic carbocycles. The molecule has 1 saturated heterocycles. The van der Waals surface area contributed by atoms with Crippen LogP contribution >= 0.6 is 23.2 Å². The number of nitrogens with one attached hydrogen (secondary N) is 1. The molecule has 0 saturated carbocycles.